The third kappa shape index (κ3) is 0.462. The number of hydrogen-bond donors (Lipinski definition) is 1. The smallest absolute Gasteiger partial charge is 0.372 e. The van der Waals surface area contributed by atoms with Crippen molar-refractivity contribution in [3.8, 4) is 0 Å². The fourth-order valence-corrected chi connectivity index (χ4v) is 1.98. The lowest BCUT2D eigenvalue weighted by atomic mass is 9.43. The van der Waals surface area contributed by atoms with E-state index in [0.29, 0.717) is 5.92 Å². The van der Waals surface area contributed by atoms with Gasteiger partial charge in [0.15, 0.2) is 0 Å². The molecule has 3 rings (SSSR count). The molecule has 0 atom stereocenters. The molecule has 0 unspecified atom stereocenters. The third-order valence-corrected chi connectivity index (χ3v) is 2.71. The van der Waals surface area contributed by atoms with E-state index in [-0.39, 0.29) is 0 Å². The molecule has 3 nitrogen and oxygen atoms in total. The van der Waals surface area contributed by atoms with Gasteiger partial charge in [0.25, 0.3) is 0 Å². The Labute approximate surface area is 58.0 Å². The molecule has 0 amide bonds. The van der Waals surface area contributed by atoms with Crippen LogP contribution in [0.4, 0.5) is 0 Å². The summed E-state index contributed by atoms with van der Waals surface area (Å²) in [6.07, 6.45) is 2.49. The Morgan fingerprint density at radius 1 is 1.30 bits per heavy atom. The zero-order valence-electron chi connectivity index (χ0n) is 5.46. The molecule has 0 aromatic carbocycles. The Morgan fingerprint density at radius 2 is 1.80 bits per heavy atom. The van der Waals surface area contributed by atoms with Crippen molar-refractivity contribution in [3.05, 3.63) is 0 Å². The van der Waals surface area contributed by atoms with Crippen molar-refractivity contribution in [1.82, 2.24) is 0 Å². The fourth-order valence-electron chi connectivity index (χ4n) is 1.98. The third-order valence-electron chi connectivity index (χ3n) is 2.71. The van der Waals surface area contributed by atoms with Crippen LogP contribution >= 0.6 is 0 Å². The van der Waals surface area contributed by atoms with Crippen molar-refractivity contribution in [2.75, 3.05) is 0 Å². The van der Waals surface area contributed by atoms with Gasteiger partial charge < -0.3 is 5.11 Å². The van der Waals surface area contributed by atoms with E-state index in [1.165, 1.54) is 0 Å². The summed E-state index contributed by atoms with van der Waals surface area (Å²) in [7, 11) is 0. The topological polar surface area (TPSA) is 54.4 Å². The van der Waals surface area contributed by atoms with Gasteiger partial charge in [0.2, 0.25) is 5.78 Å². The lowest BCUT2D eigenvalue weighted by Crippen LogP contribution is -2.58. The summed E-state index contributed by atoms with van der Waals surface area (Å²) in [5.41, 5.74) is -0.392. The molecule has 3 fully saturated rings. The number of carboxylic acid groups (broad SMARTS) is 1. The summed E-state index contributed by atoms with van der Waals surface area (Å²) in [4.78, 5) is 21.1. The summed E-state index contributed by atoms with van der Waals surface area (Å²) < 4.78 is 0. The number of carboxylic acids is 1. The molecule has 1 N–H and O–H groups in total. The largest absolute Gasteiger partial charge is 0.475 e. The number of Topliss-reactive ketones (excluding diaryl/α,β-unsaturated/α-hetero) is 1. The van der Waals surface area contributed by atoms with Crippen molar-refractivity contribution >= 4 is 11.8 Å². The first-order valence-electron chi connectivity index (χ1n) is 3.42. The molecule has 0 spiro atoms. The van der Waals surface area contributed by atoms with Crippen LogP contribution in [0.2, 0.25) is 0 Å². The number of rotatable bonds is 2. The Bertz CT molecular complexity index is 202. The van der Waals surface area contributed by atoms with E-state index in [9.17, 15) is 9.59 Å². The van der Waals surface area contributed by atoms with Crippen LogP contribution in [0.15, 0.2) is 0 Å². The highest BCUT2D eigenvalue weighted by atomic mass is 16.4. The van der Waals surface area contributed by atoms with Crippen molar-refractivity contribution in [3.63, 3.8) is 0 Å². The molecule has 2 bridgehead atoms. The predicted molar refractivity (Wildman–Crippen MR) is 32.4 cm³/mol. The van der Waals surface area contributed by atoms with Crippen LogP contribution in [0.5, 0.6) is 0 Å². The molecule has 3 aliphatic carbocycles. The number of carbonyl (C=O) groups excluding carboxylic acids is 1. The molecule has 3 aliphatic rings. The van der Waals surface area contributed by atoms with Crippen LogP contribution < -0.4 is 0 Å². The normalized spacial score (nSPS) is 41.4. The molecule has 3 heteroatoms. The minimum Gasteiger partial charge on any atom is -0.475 e. The van der Waals surface area contributed by atoms with Gasteiger partial charge in [-0.25, -0.2) is 4.79 Å². The molecule has 3 saturated carbocycles. The maximum atomic E-state index is 10.9. The quantitative estimate of drug-likeness (QED) is 0.566. The van der Waals surface area contributed by atoms with E-state index in [1.54, 1.807) is 0 Å². The highest BCUT2D eigenvalue weighted by Gasteiger charge is 2.62. The lowest BCUT2D eigenvalue weighted by Gasteiger charge is -2.59. The first-order valence-corrected chi connectivity index (χ1v) is 3.42. The number of aliphatic carboxylic acids is 1. The Hall–Kier alpha value is -0.860. The lowest BCUT2D eigenvalue weighted by molar-refractivity contribution is -0.175. The Balaban J connectivity index is 2.12. The van der Waals surface area contributed by atoms with Gasteiger partial charge in [-0.1, -0.05) is 0 Å². The number of carbonyl (C=O) groups is 2. The van der Waals surface area contributed by atoms with Gasteiger partial charge in [0, 0.05) is 5.41 Å². The van der Waals surface area contributed by atoms with Crippen LogP contribution in [-0.2, 0) is 9.59 Å². The van der Waals surface area contributed by atoms with E-state index in [4.69, 9.17) is 5.11 Å². The second-order valence-corrected chi connectivity index (χ2v) is 3.39. The highest BCUT2D eigenvalue weighted by Crippen LogP contribution is 2.64. The molecule has 0 heterocycles. The van der Waals surface area contributed by atoms with E-state index >= 15 is 0 Å². The highest BCUT2D eigenvalue weighted by molar-refractivity contribution is 6.35. The van der Waals surface area contributed by atoms with E-state index in [1.807, 2.05) is 0 Å². The molecule has 0 saturated heterocycles. The van der Waals surface area contributed by atoms with Gasteiger partial charge in [0.1, 0.15) is 0 Å². The molecular weight excluding hydrogens is 132 g/mol. The summed E-state index contributed by atoms with van der Waals surface area (Å²) in [6, 6.07) is 0. The molecule has 0 aromatic heterocycles. The maximum Gasteiger partial charge on any atom is 0.372 e. The summed E-state index contributed by atoms with van der Waals surface area (Å²) >= 11 is 0. The van der Waals surface area contributed by atoms with Gasteiger partial charge >= 0.3 is 5.97 Å². The van der Waals surface area contributed by atoms with Crippen LogP contribution in [0.3, 0.4) is 0 Å². The van der Waals surface area contributed by atoms with Gasteiger partial charge in [-0.15, -0.1) is 0 Å². The zero-order valence-corrected chi connectivity index (χ0v) is 5.46. The zero-order chi connectivity index (χ0) is 7.35. The van der Waals surface area contributed by atoms with Crippen molar-refractivity contribution in [2.45, 2.75) is 19.3 Å². The molecule has 0 aliphatic heterocycles. The Morgan fingerprint density at radius 3 is 1.90 bits per heavy atom. The van der Waals surface area contributed by atoms with E-state index in [0.717, 1.165) is 19.3 Å². The summed E-state index contributed by atoms with van der Waals surface area (Å²) in [5.74, 6) is -1.14. The van der Waals surface area contributed by atoms with Crippen LogP contribution in [-0.4, -0.2) is 16.9 Å². The van der Waals surface area contributed by atoms with Crippen molar-refractivity contribution in [1.29, 1.82) is 0 Å². The second kappa shape index (κ2) is 1.41. The monoisotopic (exact) mass is 140 g/mol. The van der Waals surface area contributed by atoms with Crippen molar-refractivity contribution in [2.24, 2.45) is 11.3 Å². The van der Waals surface area contributed by atoms with E-state index < -0.39 is 17.2 Å². The second-order valence-electron chi connectivity index (χ2n) is 3.39. The number of ketones is 1. The van der Waals surface area contributed by atoms with Gasteiger partial charge in [-0.3, -0.25) is 4.79 Å². The van der Waals surface area contributed by atoms with Crippen LogP contribution in [0, 0.1) is 11.3 Å². The standard InChI is InChI=1S/C7H8O3/c8-5(6(9)10)7-1-4(2-7)3-7/h4H,1-3H2,(H,9,10). The Kier molecular flexibility index (Phi) is 0.832. The van der Waals surface area contributed by atoms with Gasteiger partial charge in [-0.05, 0) is 25.2 Å². The molecule has 54 valence electrons. The molecule has 0 radical (unpaired) electrons. The predicted octanol–water partition coefficient (Wildman–Crippen LogP) is 0.440. The molecule has 0 aromatic rings. The maximum absolute atomic E-state index is 10.9. The SMILES string of the molecule is O=C(O)C(=O)C12CC(C1)C2. The van der Waals surface area contributed by atoms with E-state index in [2.05, 4.69) is 0 Å². The average molecular weight is 140 g/mol. The number of hydrogen-bond acceptors (Lipinski definition) is 2. The van der Waals surface area contributed by atoms with Crippen molar-refractivity contribution < 1.29 is 14.7 Å². The first-order chi connectivity index (χ1) is 4.64. The van der Waals surface area contributed by atoms with Gasteiger partial charge in [0.05, 0.1) is 0 Å². The minimum absolute atomic E-state index is 0.392. The average Bonchev–Trinajstić information content (AvgIpc) is 1.56. The van der Waals surface area contributed by atoms with Gasteiger partial charge in [-0.2, -0.15) is 0 Å². The molecule has 10 heavy (non-hydrogen) atoms. The first kappa shape index (κ1) is 5.89. The molecular formula is C7H8O3. The minimum atomic E-state index is -1.25. The van der Waals surface area contributed by atoms with Crippen LogP contribution in [0.1, 0.15) is 19.3 Å². The summed E-state index contributed by atoms with van der Waals surface area (Å²) in [5, 5.41) is 8.36. The summed E-state index contributed by atoms with van der Waals surface area (Å²) in [6.45, 7) is 0. The van der Waals surface area contributed by atoms with Crippen LogP contribution in [0.25, 0.3) is 0 Å². The fraction of sp³-hybridized carbons (Fsp3) is 0.714.